The van der Waals surface area contributed by atoms with Gasteiger partial charge >= 0.3 is 0 Å². The summed E-state index contributed by atoms with van der Waals surface area (Å²) in [5.74, 6) is 0.404. The monoisotopic (exact) mass is 290 g/mol. The van der Waals surface area contributed by atoms with Gasteiger partial charge in [0.15, 0.2) is 0 Å². The summed E-state index contributed by atoms with van der Waals surface area (Å²) in [6, 6.07) is 7.82. The molecule has 0 radical (unpaired) electrons. The first-order valence-corrected chi connectivity index (χ1v) is 7.82. The van der Waals surface area contributed by atoms with E-state index in [4.69, 9.17) is 0 Å². The van der Waals surface area contributed by atoms with Crippen LogP contribution in [0, 0.1) is 12.8 Å². The van der Waals surface area contributed by atoms with E-state index in [2.05, 4.69) is 10.2 Å². The summed E-state index contributed by atoms with van der Waals surface area (Å²) in [5.41, 5.74) is 1.97. The lowest BCUT2D eigenvalue weighted by molar-refractivity contribution is -0.116. The molecule has 0 aliphatic carbocycles. The van der Waals surface area contributed by atoms with Gasteiger partial charge in [-0.2, -0.15) is 0 Å². The molecule has 0 aromatic heterocycles. The number of nitrogens with zero attached hydrogens (tertiary/aromatic N) is 1. The van der Waals surface area contributed by atoms with Crippen molar-refractivity contribution in [3.05, 3.63) is 29.8 Å². The maximum Gasteiger partial charge on any atom is 0.225 e. The molecule has 1 aliphatic rings. The Bertz CT molecular complexity index is 474. The molecule has 1 saturated heterocycles. The van der Waals surface area contributed by atoms with Crippen LogP contribution in [0.2, 0.25) is 0 Å². The lowest BCUT2D eigenvalue weighted by Gasteiger charge is -2.33. The third kappa shape index (κ3) is 4.83. The Hall–Kier alpha value is -1.39. The number of aryl methyl sites for hydroxylation is 1. The second-order valence-corrected chi connectivity index (χ2v) is 6.06. The summed E-state index contributed by atoms with van der Waals surface area (Å²) in [6.45, 7) is 6.55. The molecule has 4 heteroatoms. The van der Waals surface area contributed by atoms with E-state index in [0.717, 1.165) is 43.7 Å². The Balaban J connectivity index is 1.77. The average molecular weight is 290 g/mol. The van der Waals surface area contributed by atoms with Gasteiger partial charge in [-0.05, 0) is 50.8 Å². The lowest BCUT2D eigenvalue weighted by Crippen LogP contribution is -2.40. The van der Waals surface area contributed by atoms with Gasteiger partial charge in [-0.1, -0.05) is 18.2 Å². The summed E-state index contributed by atoms with van der Waals surface area (Å²) in [7, 11) is 0. The summed E-state index contributed by atoms with van der Waals surface area (Å²) < 4.78 is 0. The number of aliphatic hydroxyl groups excluding tert-OH is 1. The van der Waals surface area contributed by atoms with E-state index in [0.29, 0.717) is 12.3 Å². The first-order valence-electron chi connectivity index (χ1n) is 7.82. The summed E-state index contributed by atoms with van der Waals surface area (Å²) in [4.78, 5) is 14.3. The standard InChI is InChI=1S/C17H26N2O2/c1-13-6-3-4-8-16(13)18-17(21)9-11-19-10-5-7-15(12-19)14(2)20/h3-4,6,8,14-15,20H,5,7,9-12H2,1-2H3,(H,18,21). The molecular weight excluding hydrogens is 264 g/mol. The van der Waals surface area contributed by atoms with Gasteiger partial charge in [0.1, 0.15) is 0 Å². The highest BCUT2D eigenvalue weighted by atomic mass is 16.3. The van der Waals surface area contributed by atoms with Gasteiger partial charge in [0.25, 0.3) is 0 Å². The highest BCUT2D eigenvalue weighted by Crippen LogP contribution is 2.20. The van der Waals surface area contributed by atoms with Crippen LogP contribution in [-0.2, 0) is 4.79 Å². The van der Waals surface area contributed by atoms with E-state index in [1.165, 1.54) is 0 Å². The predicted octanol–water partition coefficient (Wildman–Crippen LogP) is 2.42. The van der Waals surface area contributed by atoms with E-state index >= 15 is 0 Å². The molecule has 4 nitrogen and oxygen atoms in total. The highest BCUT2D eigenvalue weighted by molar-refractivity contribution is 5.91. The molecule has 2 atom stereocenters. The van der Waals surface area contributed by atoms with E-state index < -0.39 is 0 Å². The second kappa shape index (κ2) is 7.57. The molecule has 2 rings (SSSR count). The normalized spacial score (nSPS) is 21.0. The summed E-state index contributed by atoms with van der Waals surface area (Å²) >= 11 is 0. The third-order valence-electron chi connectivity index (χ3n) is 4.30. The number of hydrogen-bond acceptors (Lipinski definition) is 3. The molecule has 0 bridgehead atoms. The molecule has 0 saturated carbocycles. The zero-order valence-electron chi connectivity index (χ0n) is 13.0. The van der Waals surface area contributed by atoms with E-state index in [1.54, 1.807) is 0 Å². The van der Waals surface area contributed by atoms with Crippen molar-refractivity contribution >= 4 is 11.6 Å². The maximum absolute atomic E-state index is 12.0. The van der Waals surface area contributed by atoms with Crippen molar-refractivity contribution in [1.82, 2.24) is 4.90 Å². The molecule has 1 aromatic carbocycles. The lowest BCUT2D eigenvalue weighted by atomic mass is 9.93. The fraction of sp³-hybridized carbons (Fsp3) is 0.588. The van der Waals surface area contributed by atoms with Gasteiger partial charge in [-0.15, -0.1) is 0 Å². The quantitative estimate of drug-likeness (QED) is 0.875. The number of hydrogen-bond donors (Lipinski definition) is 2. The number of carbonyl (C=O) groups is 1. The van der Waals surface area contributed by atoms with Crippen molar-refractivity contribution in [2.45, 2.75) is 39.2 Å². The number of anilines is 1. The number of nitrogens with one attached hydrogen (secondary N) is 1. The van der Waals surface area contributed by atoms with Crippen molar-refractivity contribution in [3.63, 3.8) is 0 Å². The van der Waals surface area contributed by atoms with Gasteiger partial charge in [0.05, 0.1) is 6.10 Å². The summed E-state index contributed by atoms with van der Waals surface area (Å²) in [5, 5.41) is 12.7. The third-order valence-corrected chi connectivity index (χ3v) is 4.30. The maximum atomic E-state index is 12.0. The molecule has 2 unspecified atom stereocenters. The molecule has 1 aromatic rings. The number of aliphatic hydroxyl groups is 1. The predicted molar refractivity (Wildman–Crippen MR) is 85.3 cm³/mol. The second-order valence-electron chi connectivity index (χ2n) is 6.06. The van der Waals surface area contributed by atoms with Crippen LogP contribution in [-0.4, -0.2) is 41.7 Å². The molecule has 0 spiro atoms. The van der Waals surface area contributed by atoms with Crippen LogP contribution < -0.4 is 5.32 Å². The zero-order valence-corrected chi connectivity index (χ0v) is 13.0. The molecule has 1 amide bonds. The van der Waals surface area contributed by atoms with Crippen LogP contribution in [0.15, 0.2) is 24.3 Å². The minimum atomic E-state index is -0.256. The van der Waals surface area contributed by atoms with Crippen LogP contribution in [0.25, 0.3) is 0 Å². The Morgan fingerprint density at radius 2 is 2.24 bits per heavy atom. The molecule has 1 aliphatic heterocycles. The number of piperidine rings is 1. The number of para-hydroxylation sites is 1. The summed E-state index contributed by atoms with van der Waals surface area (Å²) in [6.07, 6.45) is 2.44. The van der Waals surface area contributed by atoms with Crippen LogP contribution in [0.4, 0.5) is 5.69 Å². The number of carbonyl (C=O) groups excluding carboxylic acids is 1. The number of amides is 1. The fourth-order valence-corrected chi connectivity index (χ4v) is 2.87. The van der Waals surface area contributed by atoms with Crippen molar-refractivity contribution in [1.29, 1.82) is 0 Å². The Labute approximate surface area is 127 Å². The molecule has 2 N–H and O–H groups in total. The molecule has 1 fully saturated rings. The van der Waals surface area contributed by atoms with Gasteiger partial charge in [-0.25, -0.2) is 0 Å². The smallest absolute Gasteiger partial charge is 0.225 e. The van der Waals surface area contributed by atoms with E-state index in [1.807, 2.05) is 38.1 Å². The van der Waals surface area contributed by atoms with E-state index in [-0.39, 0.29) is 12.0 Å². The van der Waals surface area contributed by atoms with Gasteiger partial charge in [-0.3, -0.25) is 4.79 Å². The Morgan fingerprint density at radius 1 is 1.48 bits per heavy atom. The van der Waals surface area contributed by atoms with Gasteiger partial charge < -0.3 is 15.3 Å². The number of likely N-dealkylation sites (tertiary alicyclic amines) is 1. The van der Waals surface area contributed by atoms with Crippen LogP contribution >= 0.6 is 0 Å². The van der Waals surface area contributed by atoms with Crippen molar-refractivity contribution in [2.24, 2.45) is 5.92 Å². The van der Waals surface area contributed by atoms with Crippen molar-refractivity contribution < 1.29 is 9.90 Å². The highest BCUT2D eigenvalue weighted by Gasteiger charge is 2.23. The van der Waals surface area contributed by atoms with E-state index in [9.17, 15) is 9.90 Å². The first kappa shape index (κ1) is 16.0. The minimum Gasteiger partial charge on any atom is -0.393 e. The molecule has 1 heterocycles. The van der Waals surface area contributed by atoms with Crippen LogP contribution in [0.3, 0.4) is 0 Å². The van der Waals surface area contributed by atoms with Gasteiger partial charge in [0.2, 0.25) is 5.91 Å². The number of benzene rings is 1. The average Bonchev–Trinajstić information content (AvgIpc) is 2.48. The minimum absolute atomic E-state index is 0.0588. The Kier molecular flexibility index (Phi) is 5.76. The van der Waals surface area contributed by atoms with Crippen molar-refractivity contribution in [3.8, 4) is 0 Å². The SMILES string of the molecule is Cc1ccccc1NC(=O)CCN1CCCC(C(C)O)C1. The molecule has 116 valence electrons. The van der Waals surface area contributed by atoms with Crippen LogP contribution in [0.1, 0.15) is 31.7 Å². The zero-order chi connectivity index (χ0) is 15.2. The number of rotatable bonds is 5. The topological polar surface area (TPSA) is 52.6 Å². The van der Waals surface area contributed by atoms with Gasteiger partial charge in [0, 0.05) is 25.2 Å². The Morgan fingerprint density at radius 3 is 2.95 bits per heavy atom. The van der Waals surface area contributed by atoms with Crippen LogP contribution in [0.5, 0.6) is 0 Å². The molecule has 21 heavy (non-hydrogen) atoms. The van der Waals surface area contributed by atoms with Crippen molar-refractivity contribution in [2.75, 3.05) is 25.0 Å². The largest absolute Gasteiger partial charge is 0.393 e. The molecular formula is C17H26N2O2. The fourth-order valence-electron chi connectivity index (χ4n) is 2.87. The first-order chi connectivity index (χ1) is 10.1.